The Labute approximate surface area is 186 Å². The molecular formula is C23H32BrN3O3. The van der Waals surface area contributed by atoms with Gasteiger partial charge in [0, 0.05) is 49.8 Å². The third kappa shape index (κ3) is 4.25. The molecule has 0 radical (unpaired) electrons. The van der Waals surface area contributed by atoms with Crippen LogP contribution in [0.3, 0.4) is 0 Å². The molecule has 4 rings (SSSR count). The molecule has 1 aromatic heterocycles. The SMILES string of the molecule is CCOC(=O)c1c(CN2CCN(C)CC2)n(C2CCCCC2)c2cc(Br)c(O)cc12. The minimum Gasteiger partial charge on any atom is -0.507 e. The van der Waals surface area contributed by atoms with Crippen LogP contribution in [0.4, 0.5) is 0 Å². The Morgan fingerprint density at radius 3 is 2.53 bits per heavy atom. The lowest BCUT2D eigenvalue weighted by molar-refractivity contribution is 0.0524. The number of piperazine rings is 1. The molecule has 2 fully saturated rings. The molecule has 1 saturated carbocycles. The first-order valence-electron chi connectivity index (χ1n) is 11.1. The van der Waals surface area contributed by atoms with E-state index in [1.54, 1.807) is 6.07 Å². The van der Waals surface area contributed by atoms with Crippen molar-refractivity contribution >= 4 is 32.8 Å². The fraction of sp³-hybridized carbons (Fsp3) is 0.609. The number of likely N-dealkylation sites (N-methyl/N-ethyl adjacent to an activating group) is 1. The van der Waals surface area contributed by atoms with Gasteiger partial charge in [-0.2, -0.15) is 0 Å². The number of nitrogens with zero attached hydrogens (tertiary/aromatic N) is 3. The van der Waals surface area contributed by atoms with Gasteiger partial charge in [0.15, 0.2) is 0 Å². The van der Waals surface area contributed by atoms with Gasteiger partial charge in [-0.25, -0.2) is 4.79 Å². The highest BCUT2D eigenvalue weighted by Gasteiger charge is 2.30. The number of benzene rings is 1. The summed E-state index contributed by atoms with van der Waals surface area (Å²) >= 11 is 3.49. The van der Waals surface area contributed by atoms with Gasteiger partial charge in [0.25, 0.3) is 0 Å². The first kappa shape index (κ1) is 21.7. The van der Waals surface area contributed by atoms with Gasteiger partial charge in [0.05, 0.1) is 22.2 Å². The average Bonchev–Trinajstić information content (AvgIpc) is 3.03. The van der Waals surface area contributed by atoms with E-state index in [1.807, 2.05) is 13.0 Å². The van der Waals surface area contributed by atoms with E-state index >= 15 is 0 Å². The van der Waals surface area contributed by atoms with Gasteiger partial charge in [-0.05, 0) is 54.9 Å². The number of phenols is 1. The Bertz CT molecular complexity index is 912. The largest absolute Gasteiger partial charge is 0.507 e. The lowest BCUT2D eigenvalue weighted by Gasteiger charge is -2.34. The van der Waals surface area contributed by atoms with Gasteiger partial charge in [0.2, 0.25) is 0 Å². The molecule has 164 valence electrons. The van der Waals surface area contributed by atoms with Crippen molar-refractivity contribution < 1.29 is 14.6 Å². The van der Waals surface area contributed by atoms with E-state index in [9.17, 15) is 9.90 Å². The summed E-state index contributed by atoms with van der Waals surface area (Å²) < 4.78 is 8.53. The van der Waals surface area contributed by atoms with Crippen LogP contribution >= 0.6 is 15.9 Å². The Morgan fingerprint density at radius 1 is 1.17 bits per heavy atom. The molecule has 6 nitrogen and oxygen atoms in total. The second-order valence-electron chi connectivity index (χ2n) is 8.60. The highest BCUT2D eigenvalue weighted by Crippen LogP contribution is 2.40. The zero-order valence-corrected chi connectivity index (χ0v) is 19.6. The smallest absolute Gasteiger partial charge is 0.340 e. The number of phenolic OH excluding ortho intramolecular Hbond substituents is 1. The van der Waals surface area contributed by atoms with Crippen molar-refractivity contribution in [2.75, 3.05) is 39.8 Å². The number of aromatic nitrogens is 1. The summed E-state index contributed by atoms with van der Waals surface area (Å²) in [4.78, 5) is 17.9. The van der Waals surface area contributed by atoms with Gasteiger partial charge in [-0.15, -0.1) is 0 Å². The summed E-state index contributed by atoms with van der Waals surface area (Å²) in [5, 5.41) is 11.2. The number of rotatable bonds is 5. The lowest BCUT2D eigenvalue weighted by atomic mass is 9.95. The van der Waals surface area contributed by atoms with Crippen molar-refractivity contribution in [3.63, 3.8) is 0 Å². The maximum Gasteiger partial charge on any atom is 0.340 e. The fourth-order valence-electron chi connectivity index (χ4n) is 4.93. The summed E-state index contributed by atoms with van der Waals surface area (Å²) in [5.74, 6) is -0.136. The average molecular weight is 478 g/mol. The Hall–Kier alpha value is -1.57. The maximum absolute atomic E-state index is 13.1. The molecule has 0 unspecified atom stereocenters. The number of halogens is 1. The number of esters is 1. The minimum atomic E-state index is -0.289. The molecule has 2 aliphatic rings. The van der Waals surface area contributed by atoms with Crippen LogP contribution in [0.25, 0.3) is 10.9 Å². The van der Waals surface area contributed by atoms with E-state index < -0.39 is 0 Å². The molecule has 0 spiro atoms. The van der Waals surface area contributed by atoms with Crippen molar-refractivity contribution in [3.05, 3.63) is 27.9 Å². The van der Waals surface area contributed by atoms with Crippen LogP contribution in [0.15, 0.2) is 16.6 Å². The molecule has 1 N–H and O–H groups in total. The summed E-state index contributed by atoms with van der Waals surface area (Å²) in [6.07, 6.45) is 5.96. The van der Waals surface area contributed by atoms with E-state index in [-0.39, 0.29) is 11.7 Å². The molecule has 0 atom stereocenters. The number of fused-ring (bicyclic) bond motifs is 1. The van der Waals surface area contributed by atoms with E-state index in [1.165, 1.54) is 19.3 Å². The Morgan fingerprint density at radius 2 is 1.87 bits per heavy atom. The van der Waals surface area contributed by atoms with Gasteiger partial charge in [-0.1, -0.05) is 19.3 Å². The monoisotopic (exact) mass is 477 g/mol. The van der Waals surface area contributed by atoms with Gasteiger partial charge < -0.3 is 19.3 Å². The molecule has 1 aromatic carbocycles. The van der Waals surface area contributed by atoms with Crippen LogP contribution in [0.2, 0.25) is 0 Å². The summed E-state index contributed by atoms with van der Waals surface area (Å²) in [5.41, 5.74) is 2.68. The molecule has 2 heterocycles. The quantitative estimate of drug-likeness (QED) is 0.640. The third-order valence-corrected chi connectivity index (χ3v) is 7.20. The highest BCUT2D eigenvalue weighted by atomic mass is 79.9. The second kappa shape index (κ2) is 9.28. The molecule has 1 saturated heterocycles. The van der Waals surface area contributed by atoms with Crippen molar-refractivity contribution in [3.8, 4) is 5.75 Å². The number of aromatic hydroxyl groups is 1. The number of ether oxygens (including phenoxy) is 1. The van der Waals surface area contributed by atoms with Gasteiger partial charge in [0.1, 0.15) is 5.75 Å². The van der Waals surface area contributed by atoms with E-state index in [2.05, 4.69) is 37.3 Å². The lowest BCUT2D eigenvalue weighted by Crippen LogP contribution is -2.44. The molecule has 0 bridgehead atoms. The molecular weight excluding hydrogens is 446 g/mol. The van der Waals surface area contributed by atoms with Gasteiger partial charge in [-0.3, -0.25) is 4.90 Å². The maximum atomic E-state index is 13.1. The standard InChI is InChI=1S/C23H32BrN3O3/c1-3-30-23(29)22-17-13-21(28)18(24)14-19(17)27(16-7-5-4-6-8-16)20(22)15-26-11-9-25(2)10-12-26/h13-14,16,28H,3-12,15H2,1-2H3. The van der Waals surface area contributed by atoms with Gasteiger partial charge >= 0.3 is 5.97 Å². The van der Waals surface area contributed by atoms with Crippen LogP contribution < -0.4 is 0 Å². The minimum absolute atomic E-state index is 0.153. The van der Waals surface area contributed by atoms with E-state index in [0.717, 1.165) is 62.2 Å². The Balaban J connectivity index is 1.87. The second-order valence-corrected chi connectivity index (χ2v) is 9.46. The zero-order valence-electron chi connectivity index (χ0n) is 18.0. The normalized spacial score (nSPS) is 19.4. The molecule has 7 heteroatoms. The molecule has 1 aliphatic heterocycles. The summed E-state index contributed by atoms with van der Waals surface area (Å²) in [6.45, 7) is 6.94. The fourth-order valence-corrected chi connectivity index (χ4v) is 5.26. The van der Waals surface area contributed by atoms with Crippen LogP contribution in [0, 0.1) is 0 Å². The molecule has 30 heavy (non-hydrogen) atoms. The Kier molecular flexibility index (Phi) is 6.70. The third-order valence-electron chi connectivity index (χ3n) is 6.56. The summed E-state index contributed by atoms with van der Waals surface area (Å²) in [6, 6.07) is 4.07. The van der Waals surface area contributed by atoms with Crippen LogP contribution in [0.5, 0.6) is 5.75 Å². The molecule has 0 amide bonds. The molecule has 1 aliphatic carbocycles. The first-order chi connectivity index (χ1) is 14.5. The number of carbonyl (C=O) groups is 1. The van der Waals surface area contributed by atoms with E-state index in [0.29, 0.717) is 22.7 Å². The number of hydrogen-bond acceptors (Lipinski definition) is 5. The van der Waals surface area contributed by atoms with Crippen molar-refractivity contribution in [2.24, 2.45) is 0 Å². The number of hydrogen-bond donors (Lipinski definition) is 1. The predicted molar refractivity (Wildman–Crippen MR) is 122 cm³/mol. The number of carbonyl (C=O) groups excluding carboxylic acids is 1. The first-order valence-corrected chi connectivity index (χ1v) is 11.9. The van der Waals surface area contributed by atoms with Crippen LogP contribution in [-0.4, -0.2) is 65.3 Å². The zero-order chi connectivity index (χ0) is 21.3. The van der Waals surface area contributed by atoms with Crippen LogP contribution in [0.1, 0.15) is 61.1 Å². The van der Waals surface area contributed by atoms with E-state index in [4.69, 9.17) is 4.74 Å². The van der Waals surface area contributed by atoms with Crippen molar-refractivity contribution in [1.82, 2.24) is 14.4 Å². The van der Waals surface area contributed by atoms with Crippen LogP contribution in [-0.2, 0) is 11.3 Å². The van der Waals surface area contributed by atoms with Crippen molar-refractivity contribution in [2.45, 2.75) is 51.6 Å². The van der Waals surface area contributed by atoms with Crippen molar-refractivity contribution in [1.29, 1.82) is 0 Å². The summed E-state index contributed by atoms with van der Waals surface area (Å²) in [7, 11) is 2.15. The molecule has 2 aromatic rings. The highest BCUT2D eigenvalue weighted by molar-refractivity contribution is 9.10. The predicted octanol–water partition coefficient (Wildman–Crippen LogP) is 4.54. The topological polar surface area (TPSA) is 57.9 Å².